The van der Waals surface area contributed by atoms with Crippen LogP contribution in [0.3, 0.4) is 0 Å². The van der Waals surface area contributed by atoms with Crippen molar-refractivity contribution in [2.24, 2.45) is 0 Å². The van der Waals surface area contributed by atoms with Crippen molar-refractivity contribution >= 4 is 0 Å². The fourth-order valence-electron chi connectivity index (χ4n) is 0.503. The molecule has 0 rings (SSSR count). The summed E-state index contributed by atoms with van der Waals surface area (Å²) in [5, 5.41) is 0. The van der Waals surface area contributed by atoms with E-state index in [1.165, 1.54) is 0 Å². The third-order valence-corrected chi connectivity index (χ3v) is 1.19. The Bertz CT molecular complexity index is 247. The molecule has 0 fully saturated rings. The number of rotatable bonds is 2. The van der Waals surface area contributed by atoms with Gasteiger partial charge in [-0.25, -0.2) is 0 Å². The van der Waals surface area contributed by atoms with Gasteiger partial charge >= 0.3 is 18.3 Å². The number of hydrogen-bond donors (Lipinski definition) is 0. The van der Waals surface area contributed by atoms with E-state index >= 15 is 0 Å². The summed E-state index contributed by atoms with van der Waals surface area (Å²) >= 11 is 0. The summed E-state index contributed by atoms with van der Waals surface area (Å²) in [5.41, 5.74) is 0. The van der Waals surface area contributed by atoms with E-state index in [1.54, 1.807) is 0 Å². The van der Waals surface area contributed by atoms with E-state index < -0.39 is 30.1 Å². The lowest BCUT2D eigenvalue weighted by Gasteiger charge is -2.18. The largest absolute Gasteiger partial charge is 0.492 e. The first-order chi connectivity index (χ1) is 6.42. The molecule has 0 aliphatic heterocycles. The summed E-state index contributed by atoms with van der Waals surface area (Å²) in [6.45, 7) is 0. The van der Waals surface area contributed by atoms with Crippen molar-refractivity contribution < 1.29 is 39.9 Å². The van der Waals surface area contributed by atoms with E-state index in [0.29, 0.717) is 7.11 Å². The molecule has 0 saturated carbocycles. The van der Waals surface area contributed by atoms with Crippen molar-refractivity contribution in [2.75, 3.05) is 7.11 Å². The zero-order valence-electron chi connectivity index (χ0n) is 7.01. The minimum atomic E-state index is -6.10. The first-order valence-electron chi connectivity index (χ1n) is 3.20. The summed E-state index contributed by atoms with van der Waals surface area (Å²) < 4.78 is 97.4. The Morgan fingerprint density at radius 2 is 1.33 bits per heavy atom. The van der Waals surface area contributed by atoms with Crippen LogP contribution in [0, 0.1) is 0 Å². The van der Waals surface area contributed by atoms with Gasteiger partial charge in [0.05, 0.1) is 7.11 Å². The van der Waals surface area contributed by atoms with Crippen molar-refractivity contribution in [3.63, 3.8) is 0 Å². The lowest BCUT2D eigenvalue weighted by atomic mass is 10.2. The SMILES string of the molecule is COC(=CC(F)(F)C(F)(F)F)C(F)(F)F. The number of hydrogen-bond acceptors (Lipinski definition) is 1. The summed E-state index contributed by atoms with van der Waals surface area (Å²) in [6.07, 6.45) is -12.8. The second-order valence-electron chi connectivity index (χ2n) is 2.33. The van der Waals surface area contributed by atoms with Crippen molar-refractivity contribution in [1.82, 2.24) is 0 Å². The van der Waals surface area contributed by atoms with Crippen molar-refractivity contribution in [2.45, 2.75) is 18.3 Å². The Morgan fingerprint density at radius 1 is 0.933 bits per heavy atom. The fraction of sp³-hybridized carbons (Fsp3) is 0.667. The van der Waals surface area contributed by atoms with Gasteiger partial charge in [-0.3, -0.25) is 0 Å². The quantitative estimate of drug-likeness (QED) is 0.535. The van der Waals surface area contributed by atoms with Gasteiger partial charge < -0.3 is 4.74 Å². The van der Waals surface area contributed by atoms with Crippen LogP contribution >= 0.6 is 0 Å². The summed E-state index contributed by atoms with van der Waals surface area (Å²) in [5.74, 6) is -7.99. The lowest BCUT2D eigenvalue weighted by molar-refractivity contribution is -0.261. The van der Waals surface area contributed by atoms with E-state index in [2.05, 4.69) is 4.74 Å². The van der Waals surface area contributed by atoms with E-state index in [4.69, 9.17) is 0 Å². The molecule has 0 spiro atoms. The monoisotopic (exact) mass is 244 g/mol. The molecule has 0 aliphatic rings. The topological polar surface area (TPSA) is 9.23 Å². The van der Waals surface area contributed by atoms with Gasteiger partial charge in [-0.05, 0) is 0 Å². The van der Waals surface area contributed by atoms with Gasteiger partial charge in [-0.15, -0.1) is 0 Å². The molecule has 15 heavy (non-hydrogen) atoms. The first-order valence-corrected chi connectivity index (χ1v) is 3.20. The van der Waals surface area contributed by atoms with Crippen LogP contribution in [0.15, 0.2) is 11.8 Å². The van der Waals surface area contributed by atoms with E-state index in [-0.39, 0.29) is 0 Å². The maximum atomic E-state index is 12.1. The van der Waals surface area contributed by atoms with Crippen LogP contribution in [-0.2, 0) is 4.74 Å². The van der Waals surface area contributed by atoms with Gasteiger partial charge in [-0.2, -0.15) is 35.1 Å². The molecule has 0 amide bonds. The highest BCUT2D eigenvalue weighted by Gasteiger charge is 2.57. The van der Waals surface area contributed by atoms with Gasteiger partial charge in [0.1, 0.15) is 0 Å². The number of allylic oxidation sites excluding steroid dienone is 2. The molecule has 0 atom stereocenters. The zero-order chi connectivity index (χ0) is 12.5. The zero-order valence-corrected chi connectivity index (χ0v) is 7.01. The Morgan fingerprint density at radius 3 is 1.53 bits per heavy atom. The molecule has 0 bridgehead atoms. The standard InChI is InChI=1S/C6H4F8O/c1-15-3(5(9,10)11)2-4(7,8)6(12,13)14/h2H,1H3. The highest BCUT2D eigenvalue weighted by molar-refractivity contribution is 5.09. The molecular formula is C6H4F8O. The van der Waals surface area contributed by atoms with Crippen LogP contribution in [0.2, 0.25) is 0 Å². The average molecular weight is 244 g/mol. The average Bonchev–Trinajstić information content (AvgIpc) is 1.95. The van der Waals surface area contributed by atoms with E-state index in [1.807, 2.05) is 0 Å². The highest BCUT2D eigenvalue weighted by Crippen LogP contribution is 2.39. The number of alkyl halides is 8. The van der Waals surface area contributed by atoms with E-state index in [0.717, 1.165) is 0 Å². The minimum Gasteiger partial charge on any atom is -0.492 e. The number of halogens is 8. The predicted molar refractivity (Wildman–Crippen MR) is 32.1 cm³/mol. The smallest absolute Gasteiger partial charge is 0.457 e. The van der Waals surface area contributed by atoms with Crippen molar-refractivity contribution in [1.29, 1.82) is 0 Å². The van der Waals surface area contributed by atoms with Crippen molar-refractivity contribution in [3.05, 3.63) is 11.8 Å². The van der Waals surface area contributed by atoms with Gasteiger partial charge in [0.2, 0.25) is 5.76 Å². The van der Waals surface area contributed by atoms with Crippen LogP contribution in [-0.4, -0.2) is 25.4 Å². The molecule has 0 aromatic rings. The maximum Gasteiger partial charge on any atom is 0.457 e. The molecule has 9 heteroatoms. The Hall–Kier alpha value is -1.02. The molecule has 0 aromatic heterocycles. The highest BCUT2D eigenvalue weighted by atomic mass is 19.4. The van der Waals surface area contributed by atoms with Gasteiger partial charge in [0, 0.05) is 6.08 Å². The Labute approximate surface area is 78.3 Å². The maximum absolute atomic E-state index is 12.1. The third kappa shape index (κ3) is 3.56. The van der Waals surface area contributed by atoms with Crippen LogP contribution < -0.4 is 0 Å². The number of ether oxygens (including phenoxy) is 1. The van der Waals surface area contributed by atoms with E-state index in [9.17, 15) is 35.1 Å². The summed E-state index contributed by atoms with van der Waals surface area (Å²) in [6, 6.07) is 0. The molecule has 0 N–H and O–H groups in total. The molecule has 0 aliphatic carbocycles. The minimum absolute atomic E-state index is 0.339. The third-order valence-electron chi connectivity index (χ3n) is 1.19. The summed E-state index contributed by atoms with van der Waals surface area (Å²) in [7, 11) is 0.339. The second kappa shape index (κ2) is 3.86. The molecule has 0 heterocycles. The number of methoxy groups -OCH3 is 1. The lowest BCUT2D eigenvalue weighted by Crippen LogP contribution is -2.35. The molecule has 0 unspecified atom stereocenters. The van der Waals surface area contributed by atoms with Crippen LogP contribution in [0.1, 0.15) is 0 Å². The molecular weight excluding hydrogens is 240 g/mol. The predicted octanol–water partition coefficient (Wildman–Crippen LogP) is 3.28. The normalized spacial score (nSPS) is 15.4. The van der Waals surface area contributed by atoms with Gasteiger partial charge in [0.25, 0.3) is 0 Å². The second-order valence-corrected chi connectivity index (χ2v) is 2.33. The van der Waals surface area contributed by atoms with Crippen LogP contribution in [0.4, 0.5) is 35.1 Å². The Kier molecular flexibility index (Phi) is 3.59. The Balaban J connectivity index is 5.18. The van der Waals surface area contributed by atoms with Crippen LogP contribution in [0.5, 0.6) is 0 Å². The van der Waals surface area contributed by atoms with Gasteiger partial charge in [0.15, 0.2) is 0 Å². The van der Waals surface area contributed by atoms with Gasteiger partial charge in [-0.1, -0.05) is 0 Å². The molecule has 90 valence electrons. The summed E-state index contributed by atoms with van der Waals surface area (Å²) in [4.78, 5) is 0. The first kappa shape index (κ1) is 14.0. The molecule has 0 saturated heterocycles. The molecule has 0 radical (unpaired) electrons. The molecule has 1 nitrogen and oxygen atoms in total. The van der Waals surface area contributed by atoms with Crippen molar-refractivity contribution in [3.8, 4) is 0 Å². The van der Waals surface area contributed by atoms with Crippen LogP contribution in [0.25, 0.3) is 0 Å². The fourth-order valence-corrected chi connectivity index (χ4v) is 0.503. The molecule has 0 aromatic carbocycles.